The number of hydrogen-bond acceptors (Lipinski definition) is 2. The van der Waals surface area contributed by atoms with E-state index < -0.39 is 0 Å². The molecule has 26 heavy (non-hydrogen) atoms. The Hall–Kier alpha value is -1.05. The number of rotatable bonds is 14. The molecule has 0 amide bonds. The van der Waals surface area contributed by atoms with Gasteiger partial charge in [-0.25, -0.2) is 0 Å². The Kier molecular flexibility index (Phi) is 13.5. The van der Waals surface area contributed by atoms with Crippen LogP contribution in [0, 0.1) is 0 Å². The molecule has 0 N–H and O–H groups in total. The Bertz CT molecular complexity index is 468. The molecular weight excluding hydrogens is 315 g/mol. The average molecular weight is 354 g/mol. The Labute approximate surface area is 165 Å². The lowest BCUT2D eigenvalue weighted by molar-refractivity contribution is -0.143. The van der Waals surface area contributed by atoms with Gasteiger partial charge in [0, 0.05) is 6.42 Å². The van der Waals surface area contributed by atoms with Crippen molar-refractivity contribution in [3.05, 3.63) is 36.5 Å². The number of ether oxygens (including phenoxy) is 1. The Balaban J connectivity index is 3.95. The predicted molar refractivity (Wildman–Crippen MR) is 126 cm³/mol. The summed E-state index contributed by atoms with van der Waals surface area (Å²) in [5, 5.41) is 0.210. The first kappa shape index (κ1) is 24.9. The lowest BCUT2D eigenvalue weighted by Crippen LogP contribution is -2.10. The highest BCUT2D eigenvalue weighted by Gasteiger charge is 2.14. The number of allylic oxidation sites excluding steroid dienone is 6. The molecule has 0 saturated heterocycles. The summed E-state index contributed by atoms with van der Waals surface area (Å²) in [5.74, 6) is -0.0564. The Morgan fingerprint density at radius 3 is 1.92 bits per heavy atom. The highest BCUT2D eigenvalue weighted by Crippen LogP contribution is 2.27. The van der Waals surface area contributed by atoms with Crippen molar-refractivity contribution in [2.24, 2.45) is 0 Å². The van der Waals surface area contributed by atoms with Gasteiger partial charge in [-0.05, 0) is 32.6 Å². The van der Waals surface area contributed by atoms with E-state index in [1.165, 1.54) is 19.3 Å². The molecule has 6 heteroatoms. The maximum atomic E-state index is 11.2. The first-order valence-corrected chi connectivity index (χ1v) is 10.4. The Morgan fingerprint density at radius 2 is 1.35 bits per heavy atom. The molecule has 0 radical (unpaired) electrons. The third kappa shape index (κ3) is 15.2. The summed E-state index contributed by atoms with van der Waals surface area (Å²) in [4.78, 5) is 11.2. The number of hydrogen-bond donors (Lipinski definition) is 0. The van der Waals surface area contributed by atoms with Crippen LogP contribution in [0.15, 0.2) is 36.5 Å². The van der Waals surface area contributed by atoms with E-state index in [1.54, 1.807) is 0 Å². The van der Waals surface area contributed by atoms with E-state index in [0.29, 0.717) is 13.0 Å². The smallest absolute Gasteiger partial charge is 0.305 e. The van der Waals surface area contributed by atoms with Crippen LogP contribution in [0.4, 0.5) is 0 Å². The second kappa shape index (κ2) is 14.1. The molecule has 0 bridgehead atoms. The number of carbonyl (C=O) groups is 1. The fourth-order valence-corrected chi connectivity index (χ4v) is 2.64. The zero-order chi connectivity index (χ0) is 19.9. The van der Waals surface area contributed by atoms with E-state index in [0.717, 1.165) is 25.7 Å². The fourth-order valence-electron chi connectivity index (χ4n) is 2.64. The zero-order valence-electron chi connectivity index (χ0n) is 18.1. The first-order chi connectivity index (χ1) is 12.2. The van der Waals surface area contributed by atoms with Crippen LogP contribution in [0.1, 0.15) is 65.2 Å². The van der Waals surface area contributed by atoms with Crippen LogP contribution in [0.2, 0.25) is 10.4 Å². The quantitative estimate of drug-likeness (QED) is 0.207. The van der Waals surface area contributed by atoms with Gasteiger partial charge in [-0.1, -0.05) is 73.1 Å². The normalized spacial score (nSPS) is 13.2. The Morgan fingerprint density at radius 1 is 0.808 bits per heavy atom. The van der Waals surface area contributed by atoms with Crippen LogP contribution in [-0.4, -0.2) is 44.0 Å². The summed E-state index contributed by atoms with van der Waals surface area (Å²) in [6, 6.07) is 0. The highest BCUT2D eigenvalue weighted by molar-refractivity contribution is 6.44. The van der Waals surface area contributed by atoms with Gasteiger partial charge in [0.25, 0.3) is 0 Å². The molecule has 0 aliphatic carbocycles. The second-order valence-corrected chi connectivity index (χ2v) is 8.30. The molecule has 0 aliphatic heterocycles. The third-order valence-corrected chi connectivity index (χ3v) is 4.33. The monoisotopic (exact) mass is 354 g/mol. The topological polar surface area (TPSA) is 26.3 Å². The van der Waals surface area contributed by atoms with Crippen molar-refractivity contribution >= 4 is 37.4 Å². The lowest BCUT2D eigenvalue weighted by atomic mass is 9.50. The van der Waals surface area contributed by atoms with Gasteiger partial charge in [-0.15, -0.1) is 0 Å². The van der Waals surface area contributed by atoms with Crippen LogP contribution in [-0.2, 0) is 9.53 Å². The molecule has 142 valence electrons. The van der Waals surface area contributed by atoms with Crippen molar-refractivity contribution in [3.63, 3.8) is 0 Å². The van der Waals surface area contributed by atoms with Gasteiger partial charge >= 0.3 is 5.97 Å². The highest BCUT2D eigenvalue weighted by atomic mass is 16.5. The third-order valence-electron chi connectivity index (χ3n) is 4.33. The SMILES string of the molecule is BC(B)(/C=C\CC)/C=C\C(B)(B)/C=C\CCCCCCCC(=O)OCC. The lowest BCUT2D eigenvalue weighted by Gasteiger charge is -2.20. The van der Waals surface area contributed by atoms with Crippen LogP contribution in [0.25, 0.3) is 0 Å². The van der Waals surface area contributed by atoms with Crippen molar-refractivity contribution in [2.75, 3.05) is 6.61 Å². The first-order valence-electron chi connectivity index (χ1n) is 10.4. The van der Waals surface area contributed by atoms with E-state index >= 15 is 0 Å². The van der Waals surface area contributed by atoms with Crippen molar-refractivity contribution in [1.82, 2.24) is 0 Å². The fraction of sp³-hybridized carbons (Fsp3) is 0.650. The number of carbonyl (C=O) groups excluding carboxylic acids is 1. The molecule has 0 aromatic heterocycles. The van der Waals surface area contributed by atoms with E-state index in [9.17, 15) is 4.79 Å². The second-order valence-electron chi connectivity index (χ2n) is 8.30. The summed E-state index contributed by atoms with van der Waals surface area (Å²) in [7, 11) is 9.01. The average Bonchev–Trinajstić information content (AvgIpc) is 2.57. The molecule has 0 atom stereocenters. The summed E-state index contributed by atoms with van der Waals surface area (Å²) < 4.78 is 4.94. The van der Waals surface area contributed by atoms with E-state index in [4.69, 9.17) is 4.74 Å². The molecule has 2 nitrogen and oxygen atoms in total. The van der Waals surface area contributed by atoms with Crippen molar-refractivity contribution in [1.29, 1.82) is 0 Å². The largest absolute Gasteiger partial charge is 0.466 e. The molecule has 0 spiro atoms. The summed E-state index contributed by atoms with van der Waals surface area (Å²) in [5.41, 5.74) is 0. The van der Waals surface area contributed by atoms with Gasteiger partial charge in [-0.2, -0.15) is 0 Å². The van der Waals surface area contributed by atoms with Crippen LogP contribution >= 0.6 is 0 Å². The minimum Gasteiger partial charge on any atom is -0.466 e. The zero-order valence-corrected chi connectivity index (χ0v) is 18.1. The molecule has 0 fully saturated rings. The van der Waals surface area contributed by atoms with Gasteiger partial charge in [0.15, 0.2) is 0 Å². The van der Waals surface area contributed by atoms with Gasteiger partial charge < -0.3 is 4.74 Å². The molecule has 0 rings (SSSR count). The number of unbranched alkanes of at least 4 members (excludes halogenated alkanes) is 5. The summed E-state index contributed by atoms with van der Waals surface area (Å²) in [6.07, 6.45) is 22.3. The molecule has 0 heterocycles. The molecule has 0 aromatic rings. The maximum Gasteiger partial charge on any atom is 0.305 e. The van der Waals surface area contributed by atoms with Crippen LogP contribution in [0.3, 0.4) is 0 Å². The maximum absolute atomic E-state index is 11.2. The van der Waals surface area contributed by atoms with Gasteiger partial charge in [0.1, 0.15) is 31.4 Å². The van der Waals surface area contributed by atoms with Gasteiger partial charge in [0.05, 0.1) is 6.61 Å². The molecular formula is C20H38B4O2. The standard InChI is InChI=1S/C20H38B4O2/c1-3-5-14-19(21,22)16-17-20(23,24)15-12-10-8-6-7-9-11-13-18(25)26-4-2/h5,12,14-17H,3-4,6-11,13,21-24H2,1-2H3/b14-5-,15-12-,17-16-. The minimum absolute atomic E-state index is 0.0564. The van der Waals surface area contributed by atoms with E-state index in [1.807, 2.05) is 6.92 Å². The van der Waals surface area contributed by atoms with Crippen LogP contribution in [0.5, 0.6) is 0 Å². The number of esters is 1. The van der Waals surface area contributed by atoms with E-state index in [2.05, 4.69) is 74.8 Å². The van der Waals surface area contributed by atoms with Gasteiger partial charge in [-0.3, -0.25) is 4.79 Å². The van der Waals surface area contributed by atoms with E-state index in [-0.39, 0.29) is 16.4 Å². The molecule has 0 aliphatic rings. The molecule has 0 aromatic carbocycles. The van der Waals surface area contributed by atoms with Crippen molar-refractivity contribution < 1.29 is 9.53 Å². The minimum atomic E-state index is -0.0564. The van der Waals surface area contributed by atoms with Crippen molar-refractivity contribution in [2.45, 2.75) is 75.6 Å². The summed E-state index contributed by atoms with van der Waals surface area (Å²) >= 11 is 0. The predicted octanol–water partition coefficient (Wildman–Crippen LogP) is 2.12. The molecule has 0 unspecified atom stereocenters. The van der Waals surface area contributed by atoms with Gasteiger partial charge in [0.2, 0.25) is 0 Å². The van der Waals surface area contributed by atoms with Crippen molar-refractivity contribution in [3.8, 4) is 0 Å². The van der Waals surface area contributed by atoms with Crippen LogP contribution < -0.4 is 0 Å². The summed E-state index contributed by atoms with van der Waals surface area (Å²) in [6.45, 7) is 4.51. The molecule has 0 saturated carbocycles.